The summed E-state index contributed by atoms with van der Waals surface area (Å²) in [5.74, 6) is 6.86. The molecule has 1 aliphatic heterocycles. The lowest BCUT2D eigenvalue weighted by Gasteiger charge is -2.48. The number of carboxylic acid groups (broad SMARTS) is 1. The number of nitrogens with zero attached hydrogens (tertiary/aromatic N) is 1. The molecule has 4 nitrogen and oxygen atoms in total. The van der Waals surface area contributed by atoms with Crippen LogP contribution in [0.1, 0.15) is 67.2 Å². The van der Waals surface area contributed by atoms with Gasteiger partial charge >= 0.3 is 5.97 Å². The SMILES string of the molecule is CC12CCC(C1)C1(C)Oc3ccc(C#Cc4ccc(C(=O)O)cn4)cc3C21C. The van der Waals surface area contributed by atoms with E-state index in [1.807, 2.05) is 6.07 Å². The Kier molecular flexibility index (Phi) is 3.33. The topological polar surface area (TPSA) is 59.4 Å². The minimum absolute atomic E-state index is 0.00265. The van der Waals surface area contributed by atoms with Crippen LogP contribution in [-0.2, 0) is 5.41 Å². The van der Waals surface area contributed by atoms with Gasteiger partial charge in [0.1, 0.15) is 17.0 Å². The number of benzene rings is 1. The van der Waals surface area contributed by atoms with E-state index in [2.05, 4.69) is 49.7 Å². The summed E-state index contributed by atoms with van der Waals surface area (Å²) in [5.41, 5.74) is 3.06. The number of aromatic carboxylic acids is 1. The fourth-order valence-electron chi connectivity index (χ4n) is 6.00. The molecule has 4 unspecified atom stereocenters. The maximum Gasteiger partial charge on any atom is 0.337 e. The summed E-state index contributed by atoms with van der Waals surface area (Å²) in [5, 5.41) is 8.97. The minimum atomic E-state index is -0.985. The molecule has 4 atom stereocenters. The van der Waals surface area contributed by atoms with Crippen LogP contribution in [0.4, 0.5) is 0 Å². The molecule has 2 aromatic rings. The monoisotopic (exact) mass is 373 g/mol. The van der Waals surface area contributed by atoms with Crippen molar-refractivity contribution >= 4 is 5.97 Å². The summed E-state index contributed by atoms with van der Waals surface area (Å²) in [6.07, 6.45) is 5.07. The van der Waals surface area contributed by atoms with Gasteiger partial charge in [0.15, 0.2) is 0 Å². The molecule has 2 heterocycles. The van der Waals surface area contributed by atoms with E-state index in [4.69, 9.17) is 9.84 Å². The van der Waals surface area contributed by atoms with Crippen molar-refractivity contribution in [3.8, 4) is 17.6 Å². The number of ether oxygens (including phenoxy) is 1. The summed E-state index contributed by atoms with van der Waals surface area (Å²) >= 11 is 0. The van der Waals surface area contributed by atoms with Gasteiger partial charge in [0.05, 0.1) is 5.56 Å². The van der Waals surface area contributed by atoms with E-state index in [0.29, 0.717) is 11.6 Å². The predicted octanol–water partition coefficient (Wildman–Crippen LogP) is 4.41. The number of hydrogen-bond acceptors (Lipinski definition) is 3. The number of rotatable bonds is 1. The second-order valence-corrected chi connectivity index (χ2v) is 9.03. The van der Waals surface area contributed by atoms with Crippen LogP contribution in [0.15, 0.2) is 36.5 Å². The first-order valence-corrected chi connectivity index (χ1v) is 9.82. The van der Waals surface area contributed by atoms with E-state index >= 15 is 0 Å². The van der Waals surface area contributed by atoms with Crippen molar-refractivity contribution in [1.82, 2.24) is 4.98 Å². The van der Waals surface area contributed by atoms with Crippen LogP contribution < -0.4 is 4.74 Å². The van der Waals surface area contributed by atoms with Gasteiger partial charge in [-0.15, -0.1) is 0 Å². The van der Waals surface area contributed by atoms with Crippen molar-refractivity contribution in [2.75, 3.05) is 0 Å². The zero-order valence-electron chi connectivity index (χ0n) is 16.4. The van der Waals surface area contributed by atoms with E-state index in [9.17, 15) is 4.79 Å². The van der Waals surface area contributed by atoms with Crippen molar-refractivity contribution in [3.05, 3.63) is 58.9 Å². The molecule has 4 heteroatoms. The Balaban J connectivity index is 1.51. The molecule has 142 valence electrons. The smallest absolute Gasteiger partial charge is 0.337 e. The average Bonchev–Trinajstić information content (AvgIpc) is 3.24. The summed E-state index contributed by atoms with van der Waals surface area (Å²) in [6.45, 7) is 7.09. The van der Waals surface area contributed by atoms with Crippen LogP contribution in [0.25, 0.3) is 0 Å². The van der Waals surface area contributed by atoms with E-state index in [0.717, 1.165) is 11.3 Å². The van der Waals surface area contributed by atoms with Crippen molar-refractivity contribution < 1.29 is 14.6 Å². The second-order valence-electron chi connectivity index (χ2n) is 9.03. The second kappa shape index (κ2) is 5.38. The first-order valence-electron chi connectivity index (χ1n) is 9.82. The molecule has 2 fully saturated rings. The lowest BCUT2D eigenvalue weighted by Crippen LogP contribution is -2.54. The fourth-order valence-corrected chi connectivity index (χ4v) is 6.00. The van der Waals surface area contributed by atoms with Gasteiger partial charge in [0.2, 0.25) is 0 Å². The van der Waals surface area contributed by atoms with Crippen molar-refractivity contribution in [3.63, 3.8) is 0 Å². The first kappa shape index (κ1) is 17.3. The molecule has 0 radical (unpaired) electrons. The normalized spacial score (nSPS) is 34.2. The number of hydrogen-bond donors (Lipinski definition) is 1. The first-order chi connectivity index (χ1) is 13.3. The molecular formula is C24H23NO3. The molecule has 2 bridgehead atoms. The third-order valence-electron chi connectivity index (χ3n) is 7.91. The molecule has 3 aliphatic rings. The largest absolute Gasteiger partial charge is 0.486 e. The fraction of sp³-hybridized carbons (Fsp3) is 0.417. The van der Waals surface area contributed by atoms with E-state index < -0.39 is 5.97 Å². The molecule has 2 saturated carbocycles. The maximum atomic E-state index is 10.9. The summed E-state index contributed by atoms with van der Waals surface area (Å²) in [6, 6.07) is 9.40. The van der Waals surface area contributed by atoms with Crippen LogP contribution in [-0.4, -0.2) is 21.7 Å². The highest BCUT2D eigenvalue weighted by atomic mass is 16.5. The van der Waals surface area contributed by atoms with Gasteiger partial charge in [0, 0.05) is 22.7 Å². The number of carbonyl (C=O) groups is 1. The molecule has 0 spiro atoms. The average molecular weight is 373 g/mol. The number of carboxylic acids is 1. The molecule has 1 N–H and O–H groups in total. The van der Waals surface area contributed by atoms with Gasteiger partial charge < -0.3 is 9.84 Å². The predicted molar refractivity (Wildman–Crippen MR) is 105 cm³/mol. The summed E-state index contributed by atoms with van der Waals surface area (Å²) in [4.78, 5) is 15.1. The Morgan fingerprint density at radius 2 is 2.04 bits per heavy atom. The number of pyridine rings is 1. The number of aromatic nitrogens is 1. The molecule has 0 amide bonds. The molecule has 28 heavy (non-hydrogen) atoms. The highest BCUT2D eigenvalue weighted by Crippen LogP contribution is 2.73. The van der Waals surface area contributed by atoms with Gasteiger partial charge in [-0.05, 0) is 73.8 Å². The van der Waals surface area contributed by atoms with Gasteiger partial charge in [0.25, 0.3) is 0 Å². The van der Waals surface area contributed by atoms with E-state index in [-0.39, 0.29) is 22.0 Å². The molecule has 2 aliphatic carbocycles. The Morgan fingerprint density at radius 3 is 2.75 bits per heavy atom. The zero-order chi connectivity index (χ0) is 19.7. The Bertz CT molecular complexity index is 1060. The zero-order valence-corrected chi connectivity index (χ0v) is 16.4. The van der Waals surface area contributed by atoms with Crippen LogP contribution in [0, 0.1) is 23.2 Å². The van der Waals surface area contributed by atoms with Crippen LogP contribution >= 0.6 is 0 Å². The molecule has 5 rings (SSSR count). The standard InChI is InChI=1S/C24H23NO3/c1-22-11-10-17(13-22)24(3)23(22,2)19-12-15(5-9-20(19)28-24)4-7-18-8-6-16(14-25-18)21(26)27/h5-6,8-9,12,14,17H,10-11,13H2,1-3H3,(H,26,27). The summed E-state index contributed by atoms with van der Waals surface area (Å²) in [7, 11) is 0. The number of fused-ring (bicyclic) bond motifs is 7. The highest BCUT2D eigenvalue weighted by molar-refractivity contribution is 5.87. The van der Waals surface area contributed by atoms with Crippen molar-refractivity contribution in [2.45, 2.75) is 51.0 Å². The summed E-state index contributed by atoms with van der Waals surface area (Å²) < 4.78 is 6.56. The molecule has 1 aromatic carbocycles. The lowest BCUT2D eigenvalue weighted by atomic mass is 9.56. The lowest BCUT2D eigenvalue weighted by molar-refractivity contribution is -0.0260. The van der Waals surface area contributed by atoms with E-state index in [1.165, 1.54) is 37.1 Å². The highest BCUT2D eigenvalue weighted by Gasteiger charge is 2.73. The van der Waals surface area contributed by atoms with Crippen LogP contribution in [0.5, 0.6) is 5.75 Å². The van der Waals surface area contributed by atoms with Crippen LogP contribution in [0.2, 0.25) is 0 Å². The maximum absolute atomic E-state index is 10.9. The quantitative estimate of drug-likeness (QED) is 0.753. The van der Waals surface area contributed by atoms with Gasteiger partial charge in [-0.1, -0.05) is 19.8 Å². The molecular weight excluding hydrogens is 350 g/mol. The Morgan fingerprint density at radius 1 is 1.21 bits per heavy atom. The molecule has 0 saturated heterocycles. The Labute approximate surface area is 165 Å². The van der Waals surface area contributed by atoms with Gasteiger partial charge in [-0.3, -0.25) is 0 Å². The Hall–Kier alpha value is -2.80. The molecule has 1 aromatic heterocycles. The van der Waals surface area contributed by atoms with Gasteiger partial charge in [-0.25, -0.2) is 9.78 Å². The van der Waals surface area contributed by atoms with Gasteiger partial charge in [-0.2, -0.15) is 0 Å². The van der Waals surface area contributed by atoms with Crippen molar-refractivity contribution in [1.29, 1.82) is 0 Å². The third-order valence-corrected chi connectivity index (χ3v) is 7.91. The van der Waals surface area contributed by atoms with E-state index in [1.54, 1.807) is 6.07 Å². The minimum Gasteiger partial charge on any atom is -0.486 e. The van der Waals surface area contributed by atoms with Crippen LogP contribution in [0.3, 0.4) is 0 Å². The van der Waals surface area contributed by atoms with Crippen molar-refractivity contribution in [2.24, 2.45) is 11.3 Å². The third kappa shape index (κ3) is 2.02.